The lowest BCUT2D eigenvalue weighted by molar-refractivity contribution is 0.102. The summed E-state index contributed by atoms with van der Waals surface area (Å²) < 4.78 is 0.738. The van der Waals surface area contributed by atoms with Gasteiger partial charge in [0.05, 0.1) is 16.3 Å². The van der Waals surface area contributed by atoms with Crippen LogP contribution in [-0.2, 0) is 0 Å². The number of hydrogen-bond acceptors (Lipinski definition) is 2. The summed E-state index contributed by atoms with van der Waals surface area (Å²) >= 11 is 9.39. The van der Waals surface area contributed by atoms with Crippen LogP contribution in [0.15, 0.2) is 40.9 Å². The van der Waals surface area contributed by atoms with E-state index >= 15 is 0 Å². The van der Waals surface area contributed by atoms with Gasteiger partial charge in [0.1, 0.15) is 0 Å². The zero-order valence-corrected chi connectivity index (χ0v) is 12.5. The number of anilines is 2. The molecule has 19 heavy (non-hydrogen) atoms. The SMILES string of the molecule is Cc1ccc(Br)c(C(=O)Nc2ccc(N)cc2Cl)c1. The number of carbonyl (C=O) groups excluding carboxylic acids is 1. The Balaban J connectivity index is 2.28. The minimum atomic E-state index is -0.220. The lowest BCUT2D eigenvalue weighted by atomic mass is 10.1. The molecule has 0 aliphatic carbocycles. The standard InChI is InChI=1S/C14H12BrClN2O/c1-8-2-4-11(15)10(6-8)14(19)18-13-5-3-9(17)7-12(13)16/h2-7H,17H2,1H3,(H,18,19). The maximum absolute atomic E-state index is 12.2. The quantitative estimate of drug-likeness (QED) is 0.804. The molecule has 0 saturated carbocycles. The Morgan fingerprint density at radius 3 is 2.68 bits per heavy atom. The van der Waals surface area contributed by atoms with E-state index in [-0.39, 0.29) is 5.91 Å². The molecular formula is C14H12BrClN2O. The van der Waals surface area contributed by atoms with E-state index in [9.17, 15) is 4.79 Å². The number of hydrogen-bond donors (Lipinski definition) is 2. The molecule has 98 valence electrons. The molecule has 0 fully saturated rings. The Morgan fingerprint density at radius 1 is 1.26 bits per heavy atom. The van der Waals surface area contributed by atoms with Crippen LogP contribution >= 0.6 is 27.5 Å². The highest BCUT2D eigenvalue weighted by atomic mass is 79.9. The molecule has 0 spiro atoms. The van der Waals surface area contributed by atoms with Crippen molar-refractivity contribution in [3.05, 3.63) is 57.0 Å². The fourth-order valence-corrected chi connectivity index (χ4v) is 2.30. The molecule has 1 amide bonds. The van der Waals surface area contributed by atoms with Crippen LogP contribution in [0, 0.1) is 6.92 Å². The lowest BCUT2D eigenvalue weighted by Gasteiger charge is -2.09. The summed E-state index contributed by atoms with van der Waals surface area (Å²) in [6.07, 6.45) is 0. The summed E-state index contributed by atoms with van der Waals surface area (Å²) in [6.45, 7) is 1.93. The fraction of sp³-hybridized carbons (Fsp3) is 0.0714. The summed E-state index contributed by atoms with van der Waals surface area (Å²) in [4.78, 5) is 12.2. The van der Waals surface area contributed by atoms with Crippen LogP contribution in [-0.4, -0.2) is 5.91 Å². The molecule has 0 aliphatic heterocycles. The Hall–Kier alpha value is -1.52. The second kappa shape index (κ2) is 5.63. The van der Waals surface area contributed by atoms with Crippen molar-refractivity contribution in [2.75, 3.05) is 11.1 Å². The minimum Gasteiger partial charge on any atom is -0.399 e. The van der Waals surface area contributed by atoms with Crippen LogP contribution < -0.4 is 11.1 Å². The molecule has 2 aromatic carbocycles. The van der Waals surface area contributed by atoms with Crippen molar-refractivity contribution in [3.63, 3.8) is 0 Å². The lowest BCUT2D eigenvalue weighted by Crippen LogP contribution is -2.13. The summed E-state index contributed by atoms with van der Waals surface area (Å²) in [5.41, 5.74) is 8.27. The van der Waals surface area contributed by atoms with Crippen molar-refractivity contribution in [1.82, 2.24) is 0 Å². The second-order valence-corrected chi connectivity index (χ2v) is 5.44. The molecule has 0 atom stereocenters. The Bertz CT molecular complexity index is 643. The molecule has 3 nitrogen and oxygen atoms in total. The normalized spacial score (nSPS) is 10.3. The average molecular weight is 340 g/mol. The van der Waals surface area contributed by atoms with Gasteiger partial charge in [0, 0.05) is 10.2 Å². The topological polar surface area (TPSA) is 55.1 Å². The highest BCUT2D eigenvalue weighted by Gasteiger charge is 2.12. The highest BCUT2D eigenvalue weighted by Crippen LogP contribution is 2.26. The molecule has 5 heteroatoms. The van der Waals surface area contributed by atoms with Crippen LogP contribution in [0.4, 0.5) is 11.4 Å². The average Bonchev–Trinajstić information content (AvgIpc) is 2.35. The maximum atomic E-state index is 12.2. The molecule has 2 rings (SSSR count). The third-order valence-electron chi connectivity index (χ3n) is 2.61. The van der Waals surface area contributed by atoms with Crippen molar-refractivity contribution >= 4 is 44.8 Å². The third kappa shape index (κ3) is 3.28. The second-order valence-electron chi connectivity index (χ2n) is 4.18. The van der Waals surface area contributed by atoms with E-state index in [4.69, 9.17) is 17.3 Å². The van der Waals surface area contributed by atoms with E-state index in [1.807, 2.05) is 25.1 Å². The Labute approximate surface area is 124 Å². The summed E-state index contributed by atoms with van der Waals surface area (Å²) in [5.74, 6) is -0.220. The first-order valence-electron chi connectivity index (χ1n) is 5.60. The van der Waals surface area contributed by atoms with Crippen LogP contribution in [0.2, 0.25) is 5.02 Å². The molecule has 3 N–H and O–H groups in total. The molecular weight excluding hydrogens is 328 g/mol. The number of carbonyl (C=O) groups is 1. The number of aryl methyl sites for hydroxylation is 1. The van der Waals surface area contributed by atoms with Gasteiger partial charge < -0.3 is 11.1 Å². The number of rotatable bonds is 2. The monoisotopic (exact) mass is 338 g/mol. The molecule has 0 heterocycles. The number of nitrogens with one attached hydrogen (secondary N) is 1. The molecule has 0 bridgehead atoms. The zero-order valence-electron chi connectivity index (χ0n) is 10.2. The Kier molecular flexibility index (Phi) is 4.12. The first-order chi connectivity index (χ1) is 8.97. The van der Waals surface area contributed by atoms with Crippen molar-refractivity contribution in [2.24, 2.45) is 0 Å². The van der Waals surface area contributed by atoms with Gasteiger partial charge in [-0.25, -0.2) is 0 Å². The largest absolute Gasteiger partial charge is 0.399 e. The number of halogens is 2. The van der Waals surface area contributed by atoms with E-state index in [1.54, 1.807) is 18.2 Å². The van der Waals surface area contributed by atoms with E-state index in [0.29, 0.717) is 22.0 Å². The number of nitrogens with two attached hydrogens (primary N) is 1. The molecule has 0 aliphatic rings. The first kappa shape index (κ1) is 13.9. The van der Waals surface area contributed by atoms with Gasteiger partial charge in [-0.15, -0.1) is 0 Å². The van der Waals surface area contributed by atoms with Crippen LogP contribution in [0.1, 0.15) is 15.9 Å². The summed E-state index contributed by atoms with van der Waals surface area (Å²) in [6, 6.07) is 10.5. The Morgan fingerprint density at radius 2 is 2.00 bits per heavy atom. The van der Waals surface area contributed by atoms with Crippen molar-refractivity contribution in [2.45, 2.75) is 6.92 Å². The van der Waals surface area contributed by atoms with Gasteiger partial charge in [-0.1, -0.05) is 23.2 Å². The zero-order chi connectivity index (χ0) is 14.0. The van der Waals surface area contributed by atoms with Gasteiger partial charge in [-0.05, 0) is 53.2 Å². The van der Waals surface area contributed by atoms with E-state index in [2.05, 4.69) is 21.2 Å². The van der Waals surface area contributed by atoms with Gasteiger partial charge in [0.2, 0.25) is 0 Å². The van der Waals surface area contributed by atoms with Crippen LogP contribution in [0.25, 0.3) is 0 Å². The predicted octanol–water partition coefficient (Wildman–Crippen LogP) is 4.25. The smallest absolute Gasteiger partial charge is 0.256 e. The van der Waals surface area contributed by atoms with E-state index < -0.39 is 0 Å². The van der Waals surface area contributed by atoms with Gasteiger partial charge >= 0.3 is 0 Å². The van der Waals surface area contributed by atoms with Crippen LogP contribution in [0.3, 0.4) is 0 Å². The minimum absolute atomic E-state index is 0.220. The van der Waals surface area contributed by atoms with Gasteiger partial charge in [0.25, 0.3) is 5.91 Å². The van der Waals surface area contributed by atoms with E-state index in [0.717, 1.165) is 10.0 Å². The first-order valence-corrected chi connectivity index (χ1v) is 6.77. The maximum Gasteiger partial charge on any atom is 0.256 e. The van der Waals surface area contributed by atoms with Crippen molar-refractivity contribution in [1.29, 1.82) is 0 Å². The van der Waals surface area contributed by atoms with Gasteiger partial charge in [-0.2, -0.15) is 0 Å². The third-order valence-corrected chi connectivity index (χ3v) is 3.61. The molecule has 0 saturated heterocycles. The highest BCUT2D eigenvalue weighted by molar-refractivity contribution is 9.10. The summed E-state index contributed by atoms with van der Waals surface area (Å²) in [7, 11) is 0. The fourth-order valence-electron chi connectivity index (χ4n) is 1.64. The molecule has 0 radical (unpaired) electrons. The molecule has 0 aromatic heterocycles. The van der Waals surface area contributed by atoms with Gasteiger partial charge in [-0.3, -0.25) is 4.79 Å². The van der Waals surface area contributed by atoms with Gasteiger partial charge in [0.15, 0.2) is 0 Å². The number of benzene rings is 2. The predicted molar refractivity (Wildman–Crippen MR) is 82.7 cm³/mol. The van der Waals surface area contributed by atoms with Crippen molar-refractivity contribution < 1.29 is 4.79 Å². The number of nitrogen functional groups attached to an aromatic ring is 1. The molecule has 0 unspecified atom stereocenters. The van der Waals surface area contributed by atoms with Crippen molar-refractivity contribution in [3.8, 4) is 0 Å². The van der Waals surface area contributed by atoms with E-state index in [1.165, 1.54) is 0 Å². The summed E-state index contributed by atoms with van der Waals surface area (Å²) in [5, 5.41) is 3.18. The number of amides is 1. The molecule has 2 aromatic rings. The van der Waals surface area contributed by atoms with Crippen LogP contribution in [0.5, 0.6) is 0 Å².